The Morgan fingerprint density at radius 1 is 1.38 bits per heavy atom. The van der Waals surface area contributed by atoms with Crippen molar-refractivity contribution in [1.82, 2.24) is 10.3 Å². The maximum atomic E-state index is 12.2. The Balaban J connectivity index is 1.97. The van der Waals surface area contributed by atoms with Crippen LogP contribution in [0.3, 0.4) is 0 Å². The fraction of sp³-hybridized carbons (Fsp3) is 0.700. The normalized spacial score (nSPS) is 18.9. The fourth-order valence-electron chi connectivity index (χ4n) is 1.87. The van der Waals surface area contributed by atoms with E-state index in [-0.39, 0.29) is 5.89 Å². The van der Waals surface area contributed by atoms with Gasteiger partial charge in [0.25, 0.3) is 0 Å². The van der Waals surface area contributed by atoms with Crippen molar-refractivity contribution < 1.29 is 17.6 Å². The van der Waals surface area contributed by atoms with E-state index >= 15 is 0 Å². The average Bonchev–Trinajstić information content (AvgIpc) is 2.67. The van der Waals surface area contributed by atoms with Crippen LogP contribution in [0.1, 0.15) is 24.5 Å². The van der Waals surface area contributed by atoms with Crippen LogP contribution in [-0.4, -0.2) is 18.1 Å². The molecular formula is C10H13F3N2O. The zero-order valence-electron chi connectivity index (χ0n) is 8.68. The third-order valence-electron chi connectivity index (χ3n) is 2.75. The van der Waals surface area contributed by atoms with Crippen molar-refractivity contribution in [3.05, 3.63) is 17.8 Å². The largest absolute Gasteiger partial charge is 0.451 e. The lowest BCUT2D eigenvalue weighted by Crippen LogP contribution is -2.28. The molecular weight excluding hydrogens is 221 g/mol. The summed E-state index contributed by atoms with van der Waals surface area (Å²) >= 11 is 0. The molecule has 1 aliphatic heterocycles. The highest BCUT2D eigenvalue weighted by Gasteiger charge is 2.35. The molecule has 16 heavy (non-hydrogen) atoms. The molecule has 0 unspecified atom stereocenters. The molecule has 0 bridgehead atoms. The summed E-state index contributed by atoms with van der Waals surface area (Å²) in [5.41, 5.74) is 0. The van der Waals surface area contributed by atoms with E-state index in [4.69, 9.17) is 4.42 Å². The van der Waals surface area contributed by atoms with Gasteiger partial charge < -0.3 is 9.73 Å². The summed E-state index contributed by atoms with van der Waals surface area (Å²) in [7, 11) is 0. The third-order valence-corrected chi connectivity index (χ3v) is 2.75. The minimum atomic E-state index is -4.43. The zero-order chi connectivity index (χ0) is 11.6. The number of alkyl halides is 3. The van der Waals surface area contributed by atoms with Gasteiger partial charge in [-0.25, -0.2) is 4.98 Å². The molecule has 0 saturated carbocycles. The van der Waals surface area contributed by atoms with Gasteiger partial charge >= 0.3 is 6.18 Å². The Morgan fingerprint density at radius 3 is 2.62 bits per heavy atom. The number of hydrogen-bond acceptors (Lipinski definition) is 3. The summed E-state index contributed by atoms with van der Waals surface area (Å²) in [4.78, 5) is 3.67. The second-order valence-corrected chi connectivity index (χ2v) is 4.01. The molecule has 0 aromatic carbocycles. The second kappa shape index (κ2) is 4.45. The molecule has 3 nitrogen and oxygen atoms in total. The molecule has 0 spiro atoms. The molecule has 1 aromatic rings. The molecule has 0 aliphatic carbocycles. The van der Waals surface area contributed by atoms with Crippen LogP contribution in [0.4, 0.5) is 13.2 Å². The lowest BCUT2D eigenvalue weighted by Gasteiger charge is -2.20. The highest BCUT2D eigenvalue weighted by atomic mass is 19.4. The number of nitrogens with zero attached hydrogens (tertiary/aromatic N) is 1. The first-order chi connectivity index (χ1) is 7.55. The number of halogens is 3. The van der Waals surface area contributed by atoms with Crippen molar-refractivity contribution in [2.75, 3.05) is 13.1 Å². The van der Waals surface area contributed by atoms with Crippen molar-refractivity contribution in [3.63, 3.8) is 0 Å². The molecule has 90 valence electrons. The predicted octanol–water partition coefficient (Wildman–Crippen LogP) is 2.24. The van der Waals surface area contributed by atoms with Gasteiger partial charge in [0.2, 0.25) is 5.76 Å². The Labute approximate surface area is 91.0 Å². The molecule has 1 fully saturated rings. The molecule has 1 aromatic heterocycles. The summed E-state index contributed by atoms with van der Waals surface area (Å²) in [5.74, 6) is -0.434. The van der Waals surface area contributed by atoms with Crippen molar-refractivity contribution >= 4 is 0 Å². The monoisotopic (exact) mass is 234 g/mol. The summed E-state index contributed by atoms with van der Waals surface area (Å²) in [5, 5.41) is 3.20. The Kier molecular flexibility index (Phi) is 3.18. The highest BCUT2D eigenvalue weighted by molar-refractivity contribution is 4.99. The summed E-state index contributed by atoms with van der Waals surface area (Å²) < 4.78 is 41.4. The SMILES string of the molecule is FC(F)(F)c1cnc(CC2CCNCC2)o1. The molecule has 0 atom stereocenters. The minimum Gasteiger partial charge on any atom is -0.436 e. The second-order valence-electron chi connectivity index (χ2n) is 4.01. The quantitative estimate of drug-likeness (QED) is 0.852. The molecule has 2 heterocycles. The van der Waals surface area contributed by atoms with E-state index in [2.05, 4.69) is 10.3 Å². The van der Waals surface area contributed by atoms with E-state index in [9.17, 15) is 13.2 Å². The first-order valence-electron chi connectivity index (χ1n) is 5.28. The Bertz CT molecular complexity index is 342. The number of rotatable bonds is 2. The van der Waals surface area contributed by atoms with E-state index in [1.54, 1.807) is 0 Å². The van der Waals surface area contributed by atoms with Gasteiger partial charge in [-0.05, 0) is 31.8 Å². The maximum absolute atomic E-state index is 12.2. The molecule has 1 aliphatic rings. The van der Waals surface area contributed by atoms with Gasteiger partial charge in [-0.2, -0.15) is 13.2 Å². The predicted molar refractivity (Wildman–Crippen MR) is 50.8 cm³/mol. The molecule has 2 rings (SSSR count). The molecule has 0 radical (unpaired) electrons. The first-order valence-corrected chi connectivity index (χ1v) is 5.28. The van der Waals surface area contributed by atoms with Gasteiger partial charge in [-0.3, -0.25) is 0 Å². The number of nitrogens with one attached hydrogen (secondary N) is 1. The standard InChI is InChI=1S/C10H13F3N2O/c11-10(12,13)8-6-15-9(16-8)5-7-1-3-14-4-2-7/h6-7,14H,1-5H2. The number of piperidine rings is 1. The maximum Gasteiger partial charge on any atom is 0.451 e. The fourth-order valence-corrected chi connectivity index (χ4v) is 1.87. The minimum absolute atomic E-state index is 0.194. The van der Waals surface area contributed by atoms with Gasteiger partial charge in [-0.1, -0.05) is 0 Å². The van der Waals surface area contributed by atoms with Gasteiger partial charge in [-0.15, -0.1) is 0 Å². The van der Waals surface area contributed by atoms with Crippen molar-refractivity contribution in [2.45, 2.75) is 25.4 Å². The van der Waals surface area contributed by atoms with Crippen molar-refractivity contribution in [3.8, 4) is 0 Å². The van der Waals surface area contributed by atoms with Crippen molar-refractivity contribution in [2.24, 2.45) is 5.92 Å². The van der Waals surface area contributed by atoms with Gasteiger partial charge in [0.05, 0.1) is 6.20 Å². The van der Waals surface area contributed by atoms with Crippen LogP contribution in [0.2, 0.25) is 0 Å². The molecule has 1 N–H and O–H groups in total. The number of hydrogen-bond donors (Lipinski definition) is 1. The van der Waals surface area contributed by atoms with E-state index < -0.39 is 11.9 Å². The lowest BCUT2D eigenvalue weighted by molar-refractivity contribution is -0.153. The van der Waals surface area contributed by atoms with E-state index in [1.165, 1.54) is 0 Å². The summed E-state index contributed by atoms with van der Waals surface area (Å²) in [6.07, 6.45) is -1.25. The molecule has 1 saturated heterocycles. The van der Waals surface area contributed by atoms with E-state index in [0.29, 0.717) is 12.3 Å². The van der Waals surface area contributed by atoms with Crippen LogP contribution in [0.15, 0.2) is 10.6 Å². The first kappa shape index (κ1) is 11.4. The van der Waals surface area contributed by atoms with E-state index in [1.807, 2.05) is 0 Å². The smallest absolute Gasteiger partial charge is 0.436 e. The number of aromatic nitrogens is 1. The highest BCUT2D eigenvalue weighted by Crippen LogP contribution is 2.30. The van der Waals surface area contributed by atoms with Gasteiger partial charge in [0.15, 0.2) is 5.89 Å². The summed E-state index contributed by atoms with van der Waals surface area (Å²) in [6.45, 7) is 1.83. The van der Waals surface area contributed by atoms with Crippen LogP contribution in [0.25, 0.3) is 0 Å². The number of oxazole rings is 1. The topological polar surface area (TPSA) is 38.1 Å². The van der Waals surface area contributed by atoms with Crippen LogP contribution in [0, 0.1) is 5.92 Å². The van der Waals surface area contributed by atoms with Crippen LogP contribution in [0.5, 0.6) is 0 Å². The molecule has 0 amide bonds. The van der Waals surface area contributed by atoms with Gasteiger partial charge in [0, 0.05) is 6.42 Å². The lowest BCUT2D eigenvalue weighted by atomic mass is 9.95. The van der Waals surface area contributed by atoms with Crippen LogP contribution in [-0.2, 0) is 12.6 Å². The van der Waals surface area contributed by atoms with E-state index in [0.717, 1.165) is 32.1 Å². The summed E-state index contributed by atoms with van der Waals surface area (Å²) in [6, 6.07) is 0. The van der Waals surface area contributed by atoms with Crippen LogP contribution >= 0.6 is 0 Å². The zero-order valence-corrected chi connectivity index (χ0v) is 8.68. The third kappa shape index (κ3) is 2.75. The van der Waals surface area contributed by atoms with Gasteiger partial charge in [0.1, 0.15) is 0 Å². The van der Waals surface area contributed by atoms with Crippen molar-refractivity contribution in [1.29, 1.82) is 0 Å². The average molecular weight is 234 g/mol. The molecule has 6 heteroatoms. The Morgan fingerprint density at radius 2 is 2.06 bits per heavy atom. The Hall–Kier alpha value is -1.04. The van der Waals surface area contributed by atoms with Crippen LogP contribution < -0.4 is 5.32 Å².